The number of amides is 1. The Balaban J connectivity index is 1.94. The fourth-order valence-electron chi connectivity index (χ4n) is 2.99. The van der Waals surface area contributed by atoms with Crippen LogP contribution in [-0.2, 0) is 16.0 Å². The number of anilines is 2. The molecular formula is C22H28N2O3. The number of rotatable bonds is 8. The first-order valence-corrected chi connectivity index (χ1v) is 9.40. The Morgan fingerprint density at radius 1 is 1.00 bits per heavy atom. The van der Waals surface area contributed by atoms with Crippen molar-refractivity contribution in [2.45, 2.75) is 34.1 Å². The quantitative estimate of drug-likeness (QED) is 0.710. The highest BCUT2D eigenvalue weighted by molar-refractivity contribution is 5.96. The van der Waals surface area contributed by atoms with Crippen molar-refractivity contribution in [3.05, 3.63) is 59.2 Å². The van der Waals surface area contributed by atoms with Gasteiger partial charge < -0.3 is 15.0 Å². The van der Waals surface area contributed by atoms with E-state index in [9.17, 15) is 9.59 Å². The minimum atomic E-state index is -0.503. The average molecular weight is 368 g/mol. The third kappa shape index (κ3) is 5.33. The van der Waals surface area contributed by atoms with Gasteiger partial charge in [0.2, 0.25) is 0 Å². The summed E-state index contributed by atoms with van der Waals surface area (Å²) in [4.78, 5) is 26.6. The normalized spacial score (nSPS) is 10.4. The predicted octanol–water partition coefficient (Wildman–Crippen LogP) is 4.20. The Labute approximate surface area is 161 Å². The lowest BCUT2D eigenvalue weighted by atomic mass is 10.1. The van der Waals surface area contributed by atoms with Crippen LogP contribution in [0.5, 0.6) is 0 Å². The molecule has 0 saturated heterocycles. The lowest BCUT2D eigenvalue weighted by Crippen LogP contribution is -2.23. The van der Waals surface area contributed by atoms with Crippen LogP contribution in [0.15, 0.2) is 42.5 Å². The molecule has 2 aromatic rings. The molecule has 0 aliphatic carbocycles. The third-order valence-corrected chi connectivity index (χ3v) is 4.57. The summed E-state index contributed by atoms with van der Waals surface area (Å²) in [5.41, 5.74) is 4.33. The third-order valence-electron chi connectivity index (χ3n) is 4.57. The smallest absolute Gasteiger partial charge is 0.338 e. The van der Waals surface area contributed by atoms with Crippen LogP contribution in [0.3, 0.4) is 0 Å². The molecule has 0 aliphatic rings. The number of carbonyl (C=O) groups excluding carboxylic acids is 2. The highest BCUT2D eigenvalue weighted by Crippen LogP contribution is 2.21. The summed E-state index contributed by atoms with van der Waals surface area (Å²) < 4.78 is 5.16. The van der Waals surface area contributed by atoms with Gasteiger partial charge in [-0.3, -0.25) is 4.79 Å². The van der Waals surface area contributed by atoms with Gasteiger partial charge in [0.15, 0.2) is 6.61 Å². The predicted molar refractivity (Wildman–Crippen MR) is 109 cm³/mol. The lowest BCUT2D eigenvalue weighted by Gasteiger charge is -2.20. The lowest BCUT2D eigenvalue weighted by molar-refractivity contribution is -0.119. The summed E-state index contributed by atoms with van der Waals surface area (Å²) in [7, 11) is 0. The molecule has 144 valence electrons. The molecular weight excluding hydrogens is 340 g/mol. The van der Waals surface area contributed by atoms with Crippen LogP contribution in [0.1, 0.15) is 42.3 Å². The van der Waals surface area contributed by atoms with Crippen LogP contribution in [0.4, 0.5) is 11.4 Å². The highest BCUT2D eigenvalue weighted by atomic mass is 16.5. The van der Waals surface area contributed by atoms with Crippen molar-refractivity contribution in [2.24, 2.45) is 0 Å². The zero-order valence-corrected chi connectivity index (χ0v) is 16.5. The van der Waals surface area contributed by atoms with Crippen molar-refractivity contribution < 1.29 is 14.3 Å². The second-order valence-electron chi connectivity index (χ2n) is 6.31. The molecule has 0 spiro atoms. The fourth-order valence-corrected chi connectivity index (χ4v) is 2.99. The Kier molecular flexibility index (Phi) is 7.41. The minimum Gasteiger partial charge on any atom is -0.452 e. The molecule has 27 heavy (non-hydrogen) atoms. The van der Waals surface area contributed by atoms with Gasteiger partial charge in [-0.25, -0.2) is 4.79 Å². The van der Waals surface area contributed by atoms with E-state index in [2.05, 4.69) is 24.1 Å². The number of ether oxygens (including phenoxy) is 1. The monoisotopic (exact) mass is 368 g/mol. The summed E-state index contributed by atoms with van der Waals surface area (Å²) in [6, 6.07) is 13.1. The molecule has 2 aromatic carbocycles. The summed E-state index contributed by atoms with van der Waals surface area (Å²) in [6.45, 7) is 9.64. The van der Waals surface area contributed by atoms with Gasteiger partial charge in [0.1, 0.15) is 0 Å². The highest BCUT2D eigenvalue weighted by Gasteiger charge is 2.13. The zero-order valence-electron chi connectivity index (χ0n) is 16.5. The first-order valence-electron chi connectivity index (χ1n) is 9.40. The fraction of sp³-hybridized carbons (Fsp3) is 0.364. The molecule has 0 aromatic heterocycles. The largest absolute Gasteiger partial charge is 0.452 e. The van der Waals surface area contributed by atoms with E-state index in [0.29, 0.717) is 5.56 Å². The minimum absolute atomic E-state index is 0.311. The topological polar surface area (TPSA) is 58.6 Å². The number of para-hydroxylation sites is 1. The molecule has 5 heteroatoms. The number of nitrogens with zero attached hydrogens (tertiary/aromatic N) is 1. The van der Waals surface area contributed by atoms with E-state index in [0.717, 1.165) is 42.0 Å². The van der Waals surface area contributed by atoms with Gasteiger partial charge >= 0.3 is 5.97 Å². The van der Waals surface area contributed by atoms with Crippen LogP contribution in [0, 0.1) is 6.92 Å². The first-order chi connectivity index (χ1) is 13.0. The van der Waals surface area contributed by atoms with E-state index in [1.165, 1.54) is 0 Å². The molecule has 0 aliphatic heterocycles. The maximum absolute atomic E-state index is 12.2. The average Bonchev–Trinajstić information content (AvgIpc) is 2.69. The second-order valence-corrected chi connectivity index (χ2v) is 6.31. The van der Waals surface area contributed by atoms with Crippen LogP contribution in [0.2, 0.25) is 0 Å². The van der Waals surface area contributed by atoms with Gasteiger partial charge in [0, 0.05) is 24.5 Å². The molecule has 5 nitrogen and oxygen atoms in total. The molecule has 1 amide bonds. The molecule has 0 heterocycles. The van der Waals surface area contributed by atoms with Gasteiger partial charge in [-0.2, -0.15) is 0 Å². The van der Waals surface area contributed by atoms with Crippen molar-refractivity contribution >= 4 is 23.3 Å². The van der Waals surface area contributed by atoms with Crippen LogP contribution in [-0.4, -0.2) is 31.6 Å². The zero-order chi connectivity index (χ0) is 19.8. The van der Waals surface area contributed by atoms with Crippen LogP contribution < -0.4 is 10.2 Å². The van der Waals surface area contributed by atoms with Crippen molar-refractivity contribution in [3.63, 3.8) is 0 Å². The SMILES string of the molecule is CCc1cccc(C)c1NC(=O)COC(=O)c1ccc(N(CC)CC)cc1. The molecule has 0 radical (unpaired) electrons. The Morgan fingerprint density at radius 3 is 2.26 bits per heavy atom. The molecule has 0 fully saturated rings. The number of nitrogens with one attached hydrogen (secondary N) is 1. The van der Waals surface area contributed by atoms with Gasteiger partial charge in [0.05, 0.1) is 5.56 Å². The molecule has 1 N–H and O–H groups in total. The van der Waals surface area contributed by atoms with E-state index in [1.54, 1.807) is 12.1 Å². The number of aryl methyl sites for hydroxylation is 2. The Morgan fingerprint density at radius 2 is 1.67 bits per heavy atom. The summed E-state index contributed by atoms with van der Waals surface area (Å²) in [5, 5.41) is 2.85. The number of esters is 1. The van der Waals surface area contributed by atoms with E-state index < -0.39 is 5.97 Å². The van der Waals surface area contributed by atoms with E-state index >= 15 is 0 Å². The maximum atomic E-state index is 12.2. The number of carbonyl (C=O) groups is 2. The number of hydrogen-bond donors (Lipinski definition) is 1. The second kappa shape index (κ2) is 9.76. The molecule has 0 saturated carbocycles. The van der Waals surface area contributed by atoms with Crippen molar-refractivity contribution in [3.8, 4) is 0 Å². The maximum Gasteiger partial charge on any atom is 0.338 e. The van der Waals surface area contributed by atoms with E-state index in [1.807, 2.05) is 44.2 Å². The first kappa shape index (κ1) is 20.5. The van der Waals surface area contributed by atoms with E-state index in [4.69, 9.17) is 4.74 Å². The van der Waals surface area contributed by atoms with Crippen molar-refractivity contribution in [1.29, 1.82) is 0 Å². The van der Waals surface area contributed by atoms with Crippen molar-refractivity contribution in [1.82, 2.24) is 0 Å². The van der Waals surface area contributed by atoms with Crippen LogP contribution in [0.25, 0.3) is 0 Å². The number of benzene rings is 2. The van der Waals surface area contributed by atoms with Gasteiger partial charge in [-0.1, -0.05) is 25.1 Å². The van der Waals surface area contributed by atoms with Gasteiger partial charge in [0.25, 0.3) is 5.91 Å². The summed E-state index contributed by atoms with van der Waals surface area (Å²) >= 11 is 0. The molecule has 0 bridgehead atoms. The van der Waals surface area contributed by atoms with Crippen LogP contribution >= 0.6 is 0 Å². The Bertz CT molecular complexity index is 781. The molecule has 0 atom stereocenters. The van der Waals surface area contributed by atoms with E-state index in [-0.39, 0.29) is 12.5 Å². The van der Waals surface area contributed by atoms with Gasteiger partial charge in [-0.15, -0.1) is 0 Å². The molecule has 0 unspecified atom stereocenters. The van der Waals surface area contributed by atoms with Gasteiger partial charge in [-0.05, 0) is 62.6 Å². The standard InChI is InChI=1S/C22H28N2O3/c1-5-17-10-8-9-16(4)21(17)23-20(25)15-27-22(26)18-11-13-19(14-12-18)24(6-2)7-3/h8-14H,5-7,15H2,1-4H3,(H,23,25). The summed E-state index contributed by atoms with van der Waals surface area (Å²) in [6.07, 6.45) is 0.815. The van der Waals surface area contributed by atoms with Crippen molar-refractivity contribution in [2.75, 3.05) is 29.9 Å². The summed E-state index contributed by atoms with van der Waals surface area (Å²) in [5.74, 6) is -0.844. The number of hydrogen-bond acceptors (Lipinski definition) is 4. The molecule has 2 rings (SSSR count). The Hall–Kier alpha value is -2.82.